The van der Waals surface area contributed by atoms with Crippen molar-refractivity contribution in [2.45, 2.75) is 13.0 Å². The topological polar surface area (TPSA) is 83.8 Å². The van der Waals surface area contributed by atoms with Gasteiger partial charge in [0.2, 0.25) is 0 Å². The number of morpholine rings is 1. The van der Waals surface area contributed by atoms with Crippen LogP contribution in [0.4, 0.5) is 0 Å². The second kappa shape index (κ2) is 7.65. The number of carbonyl (C=O) groups excluding carboxylic acids is 1. The summed E-state index contributed by atoms with van der Waals surface area (Å²) in [6, 6.07) is 5.55. The summed E-state index contributed by atoms with van der Waals surface area (Å²) in [7, 11) is 0. The Bertz CT molecular complexity index is 890. The van der Waals surface area contributed by atoms with Gasteiger partial charge in [0.25, 0.3) is 11.5 Å². The molecule has 0 atom stereocenters. The van der Waals surface area contributed by atoms with E-state index in [4.69, 9.17) is 4.74 Å². The zero-order valence-electron chi connectivity index (χ0n) is 14.4. The fourth-order valence-corrected chi connectivity index (χ4v) is 3.67. The standard InChI is InChI=1S/C18H21N3O4.ClH/c22-16-13-3-1-2-12-4-6-21(15(12)13)18(24)14(16)17(23)19-5-7-20-8-10-25-11-9-20;/h1-3,22H,4-11H2,(H,19,23);1H. The number of para-hydroxylation sites is 1. The highest BCUT2D eigenvalue weighted by molar-refractivity contribution is 6.03. The van der Waals surface area contributed by atoms with Gasteiger partial charge in [0.1, 0.15) is 11.3 Å². The Hall–Kier alpha value is -2.09. The van der Waals surface area contributed by atoms with E-state index in [-0.39, 0.29) is 23.7 Å². The Labute approximate surface area is 157 Å². The minimum atomic E-state index is -0.515. The number of ether oxygens (including phenoxy) is 1. The number of pyridine rings is 1. The van der Waals surface area contributed by atoms with Gasteiger partial charge >= 0.3 is 0 Å². The predicted octanol–water partition coefficient (Wildman–Crippen LogP) is 0.747. The van der Waals surface area contributed by atoms with Crippen molar-refractivity contribution in [2.24, 2.45) is 0 Å². The molecular formula is C18H22ClN3O4. The fraction of sp³-hybridized carbons (Fsp3) is 0.444. The zero-order chi connectivity index (χ0) is 17.4. The van der Waals surface area contributed by atoms with Crippen molar-refractivity contribution in [2.75, 3.05) is 39.4 Å². The van der Waals surface area contributed by atoms with Crippen molar-refractivity contribution in [3.63, 3.8) is 0 Å². The Morgan fingerprint density at radius 3 is 2.77 bits per heavy atom. The lowest BCUT2D eigenvalue weighted by Crippen LogP contribution is -2.42. The van der Waals surface area contributed by atoms with Gasteiger partial charge in [-0.2, -0.15) is 0 Å². The van der Waals surface area contributed by atoms with Crippen LogP contribution in [0.3, 0.4) is 0 Å². The molecule has 1 aromatic heterocycles. The minimum Gasteiger partial charge on any atom is -0.506 e. The van der Waals surface area contributed by atoms with Gasteiger partial charge in [-0.15, -0.1) is 12.4 Å². The predicted molar refractivity (Wildman–Crippen MR) is 100 cm³/mol. The summed E-state index contributed by atoms with van der Waals surface area (Å²) in [6.07, 6.45) is 0.744. The lowest BCUT2D eigenvalue weighted by atomic mass is 10.1. The number of carbonyl (C=O) groups is 1. The van der Waals surface area contributed by atoms with E-state index in [9.17, 15) is 14.7 Å². The Kier molecular flexibility index (Phi) is 5.50. The molecule has 140 valence electrons. The molecule has 2 aliphatic rings. The molecule has 0 saturated carbocycles. The van der Waals surface area contributed by atoms with E-state index < -0.39 is 11.5 Å². The summed E-state index contributed by atoms with van der Waals surface area (Å²) in [5, 5.41) is 13.9. The van der Waals surface area contributed by atoms with Gasteiger partial charge in [-0.3, -0.25) is 14.5 Å². The van der Waals surface area contributed by atoms with Gasteiger partial charge in [0.15, 0.2) is 0 Å². The highest BCUT2D eigenvalue weighted by Crippen LogP contribution is 2.31. The maximum atomic E-state index is 12.7. The monoisotopic (exact) mass is 379 g/mol. The highest BCUT2D eigenvalue weighted by Gasteiger charge is 2.25. The molecule has 1 saturated heterocycles. The van der Waals surface area contributed by atoms with Crippen molar-refractivity contribution in [1.29, 1.82) is 0 Å². The molecule has 4 rings (SSSR count). The van der Waals surface area contributed by atoms with Crippen molar-refractivity contribution in [1.82, 2.24) is 14.8 Å². The SMILES string of the molecule is Cl.O=C(NCCN1CCOCC1)c1c(O)c2cccc3c2n(c1=O)CC3. The van der Waals surface area contributed by atoms with Crippen molar-refractivity contribution in [3.05, 3.63) is 39.7 Å². The van der Waals surface area contributed by atoms with Crippen LogP contribution in [0.25, 0.3) is 10.9 Å². The van der Waals surface area contributed by atoms with E-state index >= 15 is 0 Å². The number of hydrogen-bond acceptors (Lipinski definition) is 5. The van der Waals surface area contributed by atoms with Crippen LogP contribution in [-0.2, 0) is 17.7 Å². The van der Waals surface area contributed by atoms with E-state index in [1.54, 1.807) is 10.6 Å². The summed E-state index contributed by atoms with van der Waals surface area (Å²) >= 11 is 0. The molecule has 0 radical (unpaired) electrons. The minimum absolute atomic E-state index is 0. The fourth-order valence-electron chi connectivity index (χ4n) is 3.67. The quantitative estimate of drug-likeness (QED) is 0.819. The molecular weight excluding hydrogens is 358 g/mol. The number of aromatic nitrogens is 1. The van der Waals surface area contributed by atoms with Crippen LogP contribution >= 0.6 is 12.4 Å². The average molecular weight is 380 g/mol. The van der Waals surface area contributed by atoms with Gasteiger partial charge < -0.3 is 19.7 Å². The molecule has 26 heavy (non-hydrogen) atoms. The lowest BCUT2D eigenvalue weighted by molar-refractivity contribution is 0.0383. The number of hydrogen-bond donors (Lipinski definition) is 2. The molecule has 2 aliphatic heterocycles. The Balaban J connectivity index is 0.00000196. The Morgan fingerprint density at radius 2 is 2.00 bits per heavy atom. The second-order valence-electron chi connectivity index (χ2n) is 6.45. The smallest absolute Gasteiger partial charge is 0.267 e. The first-order valence-corrected chi connectivity index (χ1v) is 8.62. The molecule has 2 aromatic rings. The average Bonchev–Trinajstić information content (AvgIpc) is 3.06. The highest BCUT2D eigenvalue weighted by atomic mass is 35.5. The van der Waals surface area contributed by atoms with Crippen LogP contribution in [0.2, 0.25) is 0 Å². The van der Waals surface area contributed by atoms with Crippen LogP contribution in [-0.4, -0.2) is 59.9 Å². The lowest BCUT2D eigenvalue weighted by Gasteiger charge is -2.26. The molecule has 7 nitrogen and oxygen atoms in total. The number of nitrogens with zero attached hydrogens (tertiary/aromatic N) is 2. The molecule has 0 bridgehead atoms. The third kappa shape index (κ3) is 3.18. The molecule has 8 heteroatoms. The summed E-state index contributed by atoms with van der Waals surface area (Å²) in [6.45, 7) is 4.75. The van der Waals surface area contributed by atoms with Crippen molar-refractivity contribution in [3.8, 4) is 5.75 Å². The third-order valence-electron chi connectivity index (χ3n) is 4.99. The van der Waals surface area contributed by atoms with Gasteiger partial charge in [-0.25, -0.2) is 0 Å². The van der Waals surface area contributed by atoms with Crippen molar-refractivity contribution >= 4 is 29.2 Å². The van der Waals surface area contributed by atoms with Crippen LogP contribution in [0.15, 0.2) is 23.0 Å². The maximum absolute atomic E-state index is 12.7. The normalized spacial score (nSPS) is 16.5. The van der Waals surface area contributed by atoms with E-state index in [1.165, 1.54) is 0 Å². The number of benzene rings is 1. The van der Waals surface area contributed by atoms with Crippen LogP contribution < -0.4 is 10.9 Å². The summed E-state index contributed by atoms with van der Waals surface area (Å²) in [5.74, 6) is -0.734. The zero-order valence-corrected chi connectivity index (χ0v) is 15.2. The number of aryl methyl sites for hydroxylation is 2. The first kappa shape index (κ1) is 18.7. The van der Waals surface area contributed by atoms with E-state index in [2.05, 4.69) is 10.2 Å². The molecule has 2 N–H and O–H groups in total. The van der Waals surface area contributed by atoms with Crippen LogP contribution in [0.5, 0.6) is 5.75 Å². The third-order valence-corrected chi connectivity index (χ3v) is 4.99. The molecule has 0 unspecified atom stereocenters. The van der Waals surface area contributed by atoms with Crippen molar-refractivity contribution < 1.29 is 14.6 Å². The first-order valence-electron chi connectivity index (χ1n) is 8.62. The summed E-state index contributed by atoms with van der Waals surface area (Å²) in [5.41, 5.74) is 1.20. The maximum Gasteiger partial charge on any atom is 0.267 e. The van der Waals surface area contributed by atoms with E-state index in [0.29, 0.717) is 38.2 Å². The van der Waals surface area contributed by atoms with Gasteiger partial charge in [-0.05, 0) is 18.1 Å². The van der Waals surface area contributed by atoms with Crippen LogP contribution in [0.1, 0.15) is 15.9 Å². The number of amides is 1. The number of nitrogens with one attached hydrogen (secondary N) is 1. The van der Waals surface area contributed by atoms with Gasteiger partial charge in [-0.1, -0.05) is 12.1 Å². The van der Waals surface area contributed by atoms with Gasteiger partial charge in [0, 0.05) is 38.1 Å². The molecule has 1 fully saturated rings. The summed E-state index contributed by atoms with van der Waals surface area (Å²) in [4.78, 5) is 27.4. The molecule has 1 aromatic carbocycles. The second-order valence-corrected chi connectivity index (χ2v) is 6.45. The molecule has 0 aliphatic carbocycles. The molecule has 3 heterocycles. The molecule has 1 amide bonds. The first-order chi connectivity index (χ1) is 12.2. The molecule has 0 spiro atoms. The number of aromatic hydroxyl groups is 1. The Morgan fingerprint density at radius 1 is 1.23 bits per heavy atom. The van der Waals surface area contributed by atoms with E-state index in [1.807, 2.05) is 12.1 Å². The van der Waals surface area contributed by atoms with Gasteiger partial charge in [0.05, 0.1) is 18.7 Å². The van der Waals surface area contributed by atoms with E-state index in [0.717, 1.165) is 30.6 Å². The van der Waals surface area contributed by atoms with Crippen LogP contribution in [0, 0.1) is 0 Å². The number of halogens is 1. The summed E-state index contributed by atoms with van der Waals surface area (Å²) < 4.78 is 6.89. The number of rotatable bonds is 4. The largest absolute Gasteiger partial charge is 0.506 e.